The minimum Gasteiger partial charge on any atom is -0.489 e. The summed E-state index contributed by atoms with van der Waals surface area (Å²) in [6.07, 6.45) is 10.3. The average Bonchev–Trinajstić information content (AvgIpc) is 3.00. The number of hydrogen-bond acceptors (Lipinski definition) is 4. The summed E-state index contributed by atoms with van der Waals surface area (Å²) in [7, 11) is 0. The normalized spacial score (nSPS) is 16.2. The summed E-state index contributed by atoms with van der Waals surface area (Å²) in [5.41, 5.74) is 0.915. The average molecular weight is 269 g/mol. The van der Waals surface area contributed by atoms with Crippen LogP contribution in [0, 0.1) is 0 Å². The summed E-state index contributed by atoms with van der Waals surface area (Å²) in [6, 6.07) is 5.89. The molecule has 1 aromatic carbocycles. The van der Waals surface area contributed by atoms with E-state index in [0.717, 1.165) is 23.2 Å². The van der Waals surface area contributed by atoms with Gasteiger partial charge in [0.2, 0.25) is 0 Å². The van der Waals surface area contributed by atoms with E-state index in [4.69, 9.17) is 4.74 Å². The molecule has 0 radical (unpaired) electrons. The summed E-state index contributed by atoms with van der Waals surface area (Å²) < 4.78 is 5.71. The van der Waals surface area contributed by atoms with Gasteiger partial charge in [-0.3, -0.25) is 4.90 Å². The molecule has 1 aliphatic rings. The quantitative estimate of drug-likeness (QED) is 0.782. The SMILES string of the molecule is C(=C\CN1CCCC1)/COc1ccc2cncnc2c1. The van der Waals surface area contributed by atoms with Gasteiger partial charge in [0.05, 0.1) is 5.52 Å². The Labute approximate surface area is 119 Å². The van der Waals surface area contributed by atoms with Crippen LogP contribution in [0.2, 0.25) is 0 Å². The van der Waals surface area contributed by atoms with Crippen LogP contribution in [0.25, 0.3) is 10.9 Å². The minimum atomic E-state index is 0.602. The van der Waals surface area contributed by atoms with Crippen LogP contribution in [-0.4, -0.2) is 41.1 Å². The number of fused-ring (bicyclic) bond motifs is 1. The van der Waals surface area contributed by atoms with E-state index in [9.17, 15) is 0 Å². The predicted octanol–water partition coefficient (Wildman–Crippen LogP) is 2.66. The first-order valence-electron chi connectivity index (χ1n) is 7.12. The molecule has 0 bridgehead atoms. The molecule has 0 spiro atoms. The van der Waals surface area contributed by atoms with Crippen LogP contribution < -0.4 is 4.74 Å². The molecule has 0 amide bonds. The molecule has 1 saturated heterocycles. The number of nitrogens with zero attached hydrogens (tertiary/aromatic N) is 3. The van der Waals surface area contributed by atoms with Crippen LogP contribution in [0.15, 0.2) is 42.9 Å². The maximum atomic E-state index is 5.71. The van der Waals surface area contributed by atoms with Crippen molar-refractivity contribution in [3.05, 3.63) is 42.9 Å². The number of rotatable bonds is 5. The van der Waals surface area contributed by atoms with E-state index in [1.807, 2.05) is 24.4 Å². The van der Waals surface area contributed by atoms with E-state index in [-0.39, 0.29) is 0 Å². The van der Waals surface area contributed by atoms with E-state index in [2.05, 4.69) is 27.0 Å². The molecule has 3 rings (SSSR count). The van der Waals surface area contributed by atoms with E-state index in [1.54, 1.807) is 6.33 Å². The molecule has 1 fully saturated rings. The molecule has 1 aromatic heterocycles. The van der Waals surface area contributed by atoms with E-state index < -0.39 is 0 Å². The van der Waals surface area contributed by atoms with E-state index in [1.165, 1.54) is 25.9 Å². The Hall–Kier alpha value is -1.94. The second kappa shape index (κ2) is 6.48. The van der Waals surface area contributed by atoms with Crippen LogP contribution in [-0.2, 0) is 0 Å². The van der Waals surface area contributed by atoms with Crippen molar-refractivity contribution in [2.75, 3.05) is 26.2 Å². The van der Waals surface area contributed by atoms with Gasteiger partial charge in [-0.25, -0.2) is 9.97 Å². The summed E-state index contributed by atoms with van der Waals surface area (Å²) in [4.78, 5) is 10.7. The van der Waals surface area contributed by atoms with Gasteiger partial charge in [0, 0.05) is 24.2 Å². The summed E-state index contributed by atoms with van der Waals surface area (Å²) in [6.45, 7) is 4.10. The lowest BCUT2D eigenvalue weighted by Crippen LogP contribution is -2.18. The van der Waals surface area contributed by atoms with Crippen LogP contribution in [0.5, 0.6) is 5.75 Å². The molecule has 0 aliphatic carbocycles. The second-order valence-electron chi connectivity index (χ2n) is 5.03. The van der Waals surface area contributed by atoms with Crippen molar-refractivity contribution in [1.82, 2.24) is 14.9 Å². The maximum absolute atomic E-state index is 5.71. The van der Waals surface area contributed by atoms with Gasteiger partial charge in [0.15, 0.2) is 0 Å². The number of ether oxygens (including phenoxy) is 1. The molecule has 20 heavy (non-hydrogen) atoms. The fraction of sp³-hybridized carbons (Fsp3) is 0.375. The topological polar surface area (TPSA) is 38.2 Å². The third kappa shape index (κ3) is 3.33. The van der Waals surface area contributed by atoms with Gasteiger partial charge in [-0.15, -0.1) is 0 Å². The number of benzene rings is 1. The standard InChI is InChI=1S/C16H19N3O/c1-2-8-19(7-1)9-3-4-10-20-15-6-5-14-12-17-13-18-16(14)11-15/h3-6,11-13H,1-2,7-10H2/b4-3+. The van der Waals surface area contributed by atoms with Crippen molar-refractivity contribution in [3.63, 3.8) is 0 Å². The fourth-order valence-electron chi connectivity index (χ4n) is 2.44. The zero-order valence-corrected chi connectivity index (χ0v) is 11.5. The summed E-state index contributed by atoms with van der Waals surface area (Å²) >= 11 is 0. The van der Waals surface area contributed by atoms with Crippen molar-refractivity contribution < 1.29 is 4.74 Å². The monoisotopic (exact) mass is 269 g/mol. The smallest absolute Gasteiger partial charge is 0.121 e. The van der Waals surface area contributed by atoms with Gasteiger partial charge in [-0.2, -0.15) is 0 Å². The molecule has 2 heterocycles. The zero-order chi connectivity index (χ0) is 13.6. The molecule has 4 heteroatoms. The Kier molecular flexibility index (Phi) is 4.23. The molecule has 104 valence electrons. The second-order valence-corrected chi connectivity index (χ2v) is 5.03. The van der Waals surface area contributed by atoms with Gasteiger partial charge < -0.3 is 4.74 Å². The molecular weight excluding hydrogens is 250 g/mol. The lowest BCUT2D eigenvalue weighted by molar-refractivity contribution is 0.357. The molecule has 0 unspecified atom stereocenters. The molecule has 2 aromatic rings. The van der Waals surface area contributed by atoms with Crippen molar-refractivity contribution >= 4 is 10.9 Å². The van der Waals surface area contributed by atoms with Gasteiger partial charge in [0.1, 0.15) is 18.7 Å². The number of likely N-dealkylation sites (tertiary alicyclic amines) is 1. The molecule has 0 atom stereocenters. The molecule has 1 aliphatic heterocycles. The van der Waals surface area contributed by atoms with Crippen LogP contribution in [0.3, 0.4) is 0 Å². The third-order valence-electron chi connectivity index (χ3n) is 3.55. The molecule has 4 nitrogen and oxygen atoms in total. The van der Waals surface area contributed by atoms with Crippen molar-refractivity contribution in [2.45, 2.75) is 12.8 Å². The van der Waals surface area contributed by atoms with Crippen LogP contribution in [0.4, 0.5) is 0 Å². The lowest BCUT2D eigenvalue weighted by atomic mass is 10.2. The Morgan fingerprint density at radius 1 is 1.20 bits per heavy atom. The van der Waals surface area contributed by atoms with Crippen molar-refractivity contribution in [3.8, 4) is 5.75 Å². The van der Waals surface area contributed by atoms with Gasteiger partial charge >= 0.3 is 0 Å². The van der Waals surface area contributed by atoms with Crippen LogP contribution in [0.1, 0.15) is 12.8 Å². The van der Waals surface area contributed by atoms with Gasteiger partial charge in [-0.05, 0) is 38.1 Å². The highest BCUT2D eigenvalue weighted by Gasteiger charge is 2.08. The Morgan fingerprint density at radius 2 is 2.10 bits per heavy atom. The summed E-state index contributed by atoms with van der Waals surface area (Å²) in [5, 5.41) is 1.03. The Morgan fingerprint density at radius 3 is 3.00 bits per heavy atom. The highest BCUT2D eigenvalue weighted by Crippen LogP contribution is 2.17. The third-order valence-corrected chi connectivity index (χ3v) is 3.55. The predicted molar refractivity (Wildman–Crippen MR) is 79.8 cm³/mol. The number of hydrogen-bond donors (Lipinski definition) is 0. The highest BCUT2D eigenvalue weighted by molar-refractivity contribution is 5.78. The van der Waals surface area contributed by atoms with E-state index >= 15 is 0 Å². The Bertz CT molecular complexity index is 591. The Balaban J connectivity index is 1.50. The van der Waals surface area contributed by atoms with Gasteiger partial charge in [0.25, 0.3) is 0 Å². The van der Waals surface area contributed by atoms with Crippen LogP contribution >= 0.6 is 0 Å². The minimum absolute atomic E-state index is 0.602. The van der Waals surface area contributed by atoms with E-state index in [0.29, 0.717) is 6.61 Å². The first-order valence-corrected chi connectivity index (χ1v) is 7.12. The largest absolute Gasteiger partial charge is 0.489 e. The highest BCUT2D eigenvalue weighted by atomic mass is 16.5. The fourth-order valence-corrected chi connectivity index (χ4v) is 2.44. The molecule has 0 N–H and O–H groups in total. The maximum Gasteiger partial charge on any atom is 0.121 e. The van der Waals surface area contributed by atoms with Crippen molar-refractivity contribution in [2.24, 2.45) is 0 Å². The molecule has 0 saturated carbocycles. The summed E-state index contributed by atoms with van der Waals surface area (Å²) in [5.74, 6) is 0.849. The van der Waals surface area contributed by atoms with Gasteiger partial charge in [-0.1, -0.05) is 12.2 Å². The first-order chi connectivity index (χ1) is 9.92. The lowest BCUT2D eigenvalue weighted by Gasteiger charge is -2.10. The van der Waals surface area contributed by atoms with Crippen molar-refractivity contribution in [1.29, 1.82) is 0 Å². The molecular formula is C16H19N3O. The number of aromatic nitrogens is 2. The first kappa shape index (κ1) is 13.1. The zero-order valence-electron chi connectivity index (χ0n) is 11.5.